The molecule has 0 spiro atoms. The summed E-state index contributed by atoms with van der Waals surface area (Å²) in [6.45, 7) is 3.60. The van der Waals surface area contributed by atoms with Crippen molar-refractivity contribution in [2.75, 3.05) is 30.7 Å². The number of hydrogen-bond acceptors (Lipinski definition) is 4. The number of carbonyl (C=O) groups is 1. The predicted molar refractivity (Wildman–Crippen MR) is 112 cm³/mol. The van der Waals surface area contributed by atoms with Crippen molar-refractivity contribution < 1.29 is 13.2 Å². The molecule has 2 aromatic rings. The molecule has 150 valence electrons. The van der Waals surface area contributed by atoms with Crippen LogP contribution >= 0.6 is 0 Å². The van der Waals surface area contributed by atoms with Gasteiger partial charge in [-0.1, -0.05) is 30.3 Å². The molecule has 2 aromatic carbocycles. The van der Waals surface area contributed by atoms with Gasteiger partial charge in [-0.2, -0.15) is 0 Å². The summed E-state index contributed by atoms with van der Waals surface area (Å²) in [5.74, 6) is -0.222. The molecule has 1 amide bonds. The van der Waals surface area contributed by atoms with Crippen LogP contribution in [0.1, 0.15) is 34.3 Å². The van der Waals surface area contributed by atoms with E-state index in [0.717, 1.165) is 35.8 Å². The fourth-order valence-corrected chi connectivity index (χ4v) is 3.87. The lowest BCUT2D eigenvalue weighted by Crippen LogP contribution is -2.27. The molecular formula is C21H27N3O3S. The highest BCUT2D eigenvalue weighted by molar-refractivity contribution is 7.92. The minimum absolute atomic E-state index is 0.222. The monoisotopic (exact) mass is 401 g/mol. The lowest BCUT2D eigenvalue weighted by Gasteiger charge is -2.18. The predicted octanol–water partition coefficient (Wildman–Crippen LogP) is 2.61. The largest absolute Gasteiger partial charge is 0.348 e. The molecule has 0 bridgehead atoms. The number of sulfonamides is 1. The van der Waals surface area contributed by atoms with Gasteiger partial charge in [-0.05, 0) is 55.3 Å². The average molecular weight is 402 g/mol. The highest BCUT2D eigenvalue weighted by Gasteiger charge is 2.16. The Kier molecular flexibility index (Phi) is 6.36. The summed E-state index contributed by atoms with van der Waals surface area (Å²) in [7, 11) is -1.90. The number of carbonyl (C=O) groups excluding carboxylic acids is 1. The first-order valence-electron chi connectivity index (χ1n) is 9.46. The highest BCUT2D eigenvalue weighted by atomic mass is 32.2. The van der Waals surface area contributed by atoms with Crippen molar-refractivity contribution in [1.29, 1.82) is 0 Å². The summed E-state index contributed by atoms with van der Waals surface area (Å²) < 4.78 is 24.6. The summed E-state index contributed by atoms with van der Waals surface area (Å²) in [6.07, 6.45) is 3.63. The lowest BCUT2D eigenvalue weighted by atomic mass is 10.1. The Labute approximate surface area is 167 Å². The Morgan fingerprint density at radius 2 is 1.75 bits per heavy atom. The summed E-state index contributed by atoms with van der Waals surface area (Å²) in [6, 6.07) is 14.8. The Bertz CT molecular complexity index is 937. The summed E-state index contributed by atoms with van der Waals surface area (Å²) >= 11 is 0. The number of nitrogens with zero attached hydrogens (tertiary/aromatic N) is 2. The fraction of sp³-hybridized carbons (Fsp3) is 0.381. The molecule has 28 heavy (non-hydrogen) atoms. The van der Waals surface area contributed by atoms with Crippen LogP contribution < -0.4 is 9.62 Å². The number of amides is 1. The third-order valence-electron chi connectivity index (χ3n) is 5.12. The molecule has 3 rings (SSSR count). The second-order valence-corrected chi connectivity index (χ2v) is 9.23. The summed E-state index contributed by atoms with van der Waals surface area (Å²) in [5.41, 5.74) is 3.23. The van der Waals surface area contributed by atoms with E-state index in [1.165, 1.54) is 25.5 Å². The molecule has 0 radical (unpaired) electrons. The molecule has 0 atom stereocenters. The van der Waals surface area contributed by atoms with Crippen LogP contribution in [0.4, 0.5) is 5.69 Å². The van der Waals surface area contributed by atoms with E-state index in [4.69, 9.17) is 0 Å². The standard InChI is InChI=1S/C21H27N3O3S/c1-23(28(2,26)27)20-11-7-10-17(14-20)21(25)22-15-18-8-3-4-9-19(18)16-24-12-5-6-13-24/h3-4,7-11,14H,5-6,12-13,15-16H2,1-2H3,(H,22,25). The first-order valence-corrected chi connectivity index (χ1v) is 11.3. The highest BCUT2D eigenvalue weighted by Crippen LogP contribution is 2.18. The second kappa shape index (κ2) is 8.75. The van der Waals surface area contributed by atoms with E-state index >= 15 is 0 Å². The smallest absolute Gasteiger partial charge is 0.251 e. The van der Waals surface area contributed by atoms with Crippen LogP contribution in [0.5, 0.6) is 0 Å². The summed E-state index contributed by atoms with van der Waals surface area (Å²) in [5, 5.41) is 2.96. The normalized spacial score (nSPS) is 14.8. The number of anilines is 1. The number of rotatable bonds is 7. The maximum Gasteiger partial charge on any atom is 0.251 e. The molecule has 0 unspecified atom stereocenters. The van der Waals surface area contributed by atoms with Crippen molar-refractivity contribution in [2.24, 2.45) is 0 Å². The van der Waals surface area contributed by atoms with Gasteiger partial charge in [0.1, 0.15) is 0 Å². The van der Waals surface area contributed by atoms with Crippen LogP contribution in [0.25, 0.3) is 0 Å². The Balaban J connectivity index is 1.68. The van der Waals surface area contributed by atoms with Gasteiger partial charge < -0.3 is 5.32 Å². The zero-order valence-electron chi connectivity index (χ0n) is 16.4. The van der Waals surface area contributed by atoms with Gasteiger partial charge in [-0.3, -0.25) is 14.0 Å². The second-order valence-electron chi connectivity index (χ2n) is 7.22. The maximum atomic E-state index is 12.6. The third-order valence-corrected chi connectivity index (χ3v) is 6.33. The Hall–Kier alpha value is -2.38. The van der Waals surface area contributed by atoms with Crippen molar-refractivity contribution in [3.63, 3.8) is 0 Å². The quantitative estimate of drug-likeness (QED) is 0.774. The first-order chi connectivity index (χ1) is 13.3. The van der Waals surface area contributed by atoms with E-state index in [0.29, 0.717) is 17.8 Å². The molecular weight excluding hydrogens is 374 g/mol. The Morgan fingerprint density at radius 1 is 1.07 bits per heavy atom. The van der Waals surface area contributed by atoms with E-state index in [1.807, 2.05) is 18.2 Å². The van der Waals surface area contributed by atoms with Crippen LogP contribution in [0.3, 0.4) is 0 Å². The maximum absolute atomic E-state index is 12.6. The average Bonchev–Trinajstić information content (AvgIpc) is 3.19. The van der Waals surface area contributed by atoms with Crippen molar-refractivity contribution >= 4 is 21.6 Å². The molecule has 1 N–H and O–H groups in total. The van der Waals surface area contributed by atoms with Crippen molar-refractivity contribution in [1.82, 2.24) is 10.2 Å². The molecule has 1 aliphatic heterocycles. The van der Waals surface area contributed by atoms with Gasteiger partial charge in [0.05, 0.1) is 11.9 Å². The fourth-order valence-electron chi connectivity index (χ4n) is 3.38. The lowest BCUT2D eigenvalue weighted by molar-refractivity contribution is 0.0950. The van der Waals surface area contributed by atoms with E-state index in [2.05, 4.69) is 16.3 Å². The zero-order chi connectivity index (χ0) is 20.1. The molecule has 6 nitrogen and oxygen atoms in total. The molecule has 7 heteroatoms. The number of nitrogens with one attached hydrogen (secondary N) is 1. The number of benzene rings is 2. The molecule has 0 aromatic heterocycles. The molecule has 1 saturated heterocycles. The van der Waals surface area contributed by atoms with Crippen LogP contribution in [0.15, 0.2) is 48.5 Å². The van der Waals surface area contributed by atoms with Gasteiger partial charge in [-0.25, -0.2) is 8.42 Å². The van der Waals surface area contributed by atoms with E-state index in [1.54, 1.807) is 24.3 Å². The number of likely N-dealkylation sites (tertiary alicyclic amines) is 1. The molecule has 0 saturated carbocycles. The summed E-state index contributed by atoms with van der Waals surface area (Å²) in [4.78, 5) is 15.0. The molecule has 0 aliphatic carbocycles. The van der Waals surface area contributed by atoms with Crippen molar-refractivity contribution in [2.45, 2.75) is 25.9 Å². The van der Waals surface area contributed by atoms with E-state index in [9.17, 15) is 13.2 Å². The molecule has 1 aliphatic rings. The van der Waals surface area contributed by atoms with Gasteiger partial charge >= 0.3 is 0 Å². The topological polar surface area (TPSA) is 69.7 Å². The van der Waals surface area contributed by atoms with E-state index in [-0.39, 0.29) is 5.91 Å². The van der Waals surface area contributed by atoms with Gasteiger partial charge in [0.25, 0.3) is 5.91 Å². The van der Waals surface area contributed by atoms with Crippen molar-refractivity contribution in [3.05, 3.63) is 65.2 Å². The van der Waals surface area contributed by atoms with Crippen LogP contribution in [0.2, 0.25) is 0 Å². The Morgan fingerprint density at radius 3 is 2.43 bits per heavy atom. The van der Waals surface area contributed by atoms with E-state index < -0.39 is 10.0 Å². The third kappa shape index (κ3) is 5.11. The minimum Gasteiger partial charge on any atom is -0.348 e. The minimum atomic E-state index is -3.37. The molecule has 1 heterocycles. The SMILES string of the molecule is CN(c1cccc(C(=O)NCc2ccccc2CN2CCCC2)c1)S(C)(=O)=O. The first kappa shape index (κ1) is 20.4. The van der Waals surface area contributed by atoms with Gasteiger partial charge in [0, 0.05) is 25.7 Å². The van der Waals surface area contributed by atoms with Crippen LogP contribution in [0, 0.1) is 0 Å². The van der Waals surface area contributed by atoms with Crippen LogP contribution in [-0.2, 0) is 23.1 Å². The van der Waals surface area contributed by atoms with Gasteiger partial charge in [0.15, 0.2) is 0 Å². The number of hydrogen-bond donors (Lipinski definition) is 1. The zero-order valence-corrected chi connectivity index (χ0v) is 17.2. The van der Waals surface area contributed by atoms with Gasteiger partial charge in [0.2, 0.25) is 10.0 Å². The molecule has 1 fully saturated rings. The van der Waals surface area contributed by atoms with Crippen LogP contribution in [-0.4, -0.2) is 45.6 Å². The van der Waals surface area contributed by atoms with Gasteiger partial charge in [-0.15, -0.1) is 0 Å². The van der Waals surface area contributed by atoms with Crippen molar-refractivity contribution in [3.8, 4) is 0 Å².